The van der Waals surface area contributed by atoms with Crippen LogP contribution in [0, 0.1) is 17.5 Å². The van der Waals surface area contributed by atoms with E-state index >= 15 is 0 Å². The van der Waals surface area contributed by atoms with E-state index in [9.17, 15) is 13.2 Å². The molecule has 78 valence electrons. The molecule has 1 rings (SSSR count). The van der Waals surface area contributed by atoms with E-state index in [4.69, 9.17) is 17.3 Å². The maximum absolute atomic E-state index is 13.2. The summed E-state index contributed by atoms with van der Waals surface area (Å²) in [4.78, 5) is 0. The van der Waals surface area contributed by atoms with Crippen LogP contribution in [0.1, 0.15) is 5.56 Å². The van der Waals surface area contributed by atoms with Gasteiger partial charge >= 0.3 is 0 Å². The van der Waals surface area contributed by atoms with Gasteiger partial charge in [-0.05, 0) is 28.9 Å². The number of rotatable bonds is 2. The first-order valence-electron chi connectivity index (χ1n) is 3.71. The van der Waals surface area contributed by atoms with Crippen molar-refractivity contribution in [1.29, 1.82) is 0 Å². The minimum absolute atomic E-state index is 0.00815. The minimum Gasteiger partial charge on any atom is -0.330 e. The van der Waals surface area contributed by atoms with Gasteiger partial charge in [-0.3, -0.25) is 0 Å². The highest BCUT2D eigenvalue weighted by molar-refractivity contribution is 9.10. The van der Waals surface area contributed by atoms with Gasteiger partial charge in [0.05, 0.1) is 9.50 Å². The van der Waals surface area contributed by atoms with E-state index in [1.54, 1.807) is 0 Å². The molecule has 0 atom stereocenters. The highest BCUT2D eigenvalue weighted by atomic mass is 79.9. The van der Waals surface area contributed by atoms with Crippen LogP contribution in [-0.4, -0.2) is 6.54 Å². The van der Waals surface area contributed by atoms with Crippen LogP contribution < -0.4 is 5.73 Å². The van der Waals surface area contributed by atoms with Crippen molar-refractivity contribution in [2.75, 3.05) is 6.54 Å². The van der Waals surface area contributed by atoms with Gasteiger partial charge in [0, 0.05) is 5.56 Å². The topological polar surface area (TPSA) is 26.0 Å². The Hall–Kier alpha value is -0.260. The second-order valence-corrected chi connectivity index (χ2v) is 3.76. The average Bonchev–Trinajstić information content (AvgIpc) is 2.19. The third-order valence-electron chi connectivity index (χ3n) is 1.70. The maximum Gasteiger partial charge on any atom is 0.176 e. The van der Waals surface area contributed by atoms with Gasteiger partial charge < -0.3 is 5.73 Å². The van der Waals surface area contributed by atoms with E-state index in [0.29, 0.717) is 0 Å². The average molecular weight is 288 g/mol. The molecule has 6 heteroatoms. The Morgan fingerprint density at radius 2 is 1.71 bits per heavy atom. The molecule has 14 heavy (non-hydrogen) atoms. The lowest BCUT2D eigenvalue weighted by molar-refractivity contribution is 0.478. The Morgan fingerprint density at radius 1 is 1.14 bits per heavy atom. The van der Waals surface area contributed by atoms with Crippen molar-refractivity contribution in [3.05, 3.63) is 32.5 Å². The van der Waals surface area contributed by atoms with Crippen molar-refractivity contribution >= 4 is 27.5 Å². The fourth-order valence-electron chi connectivity index (χ4n) is 1.01. The van der Waals surface area contributed by atoms with E-state index in [0.717, 1.165) is 0 Å². The summed E-state index contributed by atoms with van der Waals surface area (Å²) in [6.45, 7) is 0.0666. The summed E-state index contributed by atoms with van der Waals surface area (Å²) in [6, 6.07) is 0. The fourth-order valence-corrected chi connectivity index (χ4v) is 1.77. The molecule has 0 aliphatic heterocycles. The minimum atomic E-state index is -1.28. The molecule has 2 N–H and O–H groups in total. The van der Waals surface area contributed by atoms with E-state index in [1.807, 2.05) is 0 Å². The van der Waals surface area contributed by atoms with Crippen LogP contribution in [0.5, 0.6) is 0 Å². The number of hydrogen-bond acceptors (Lipinski definition) is 1. The molecular formula is C8H6BrClF3N. The summed E-state index contributed by atoms with van der Waals surface area (Å²) < 4.78 is 38.7. The van der Waals surface area contributed by atoms with Crippen LogP contribution in [0.3, 0.4) is 0 Å². The Morgan fingerprint density at radius 3 is 2.21 bits per heavy atom. The van der Waals surface area contributed by atoms with Crippen LogP contribution >= 0.6 is 27.5 Å². The number of halogens is 5. The van der Waals surface area contributed by atoms with Crippen LogP contribution in [0.4, 0.5) is 13.2 Å². The lowest BCUT2D eigenvalue weighted by atomic mass is 10.1. The zero-order valence-electron chi connectivity index (χ0n) is 6.88. The van der Waals surface area contributed by atoms with Crippen molar-refractivity contribution in [2.45, 2.75) is 6.42 Å². The standard InChI is InChI=1S/C8H6BrClF3N/c9-4-7(12)5(10)3(1-2-14)6(11)8(4)13/h1-2,14H2. The van der Waals surface area contributed by atoms with Crippen molar-refractivity contribution in [2.24, 2.45) is 5.73 Å². The molecule has 0 saturated carbocycles. The first-order chi connectivity index (χ1) is 6.50. The van der Waals surface area contributed by atoms with Crippen molar-refractivity contribution in [1.82, 2.24) is 0 Å². The molecule has 0 amide bonds. The molecule has 0 saturated heterocycles. The third kappa shape index (κ3) is 1.89. The van der Waals surface area contributed by atoms with Crippen molar-refractivity contribution < 1.29 is 13.2 Å². The number of benzene rings is 1. The van der Waals surface area contributed by atoms with Gasteiger partial charge in [-0.1, -0.05) is 11.6 Å². The highest BCUT2D eigenvalue weighted by Gasteiger charge is 2.21. The Kier molecular flexibility index (Phi) is 3.80. The van der Waals surface area contributed by atoms with Crippen molar-refractivity contribution in [3.63, 3.8) is 0 Å². The zero-order chi connectivity index (χ0) is 10.9. The van der Waals surface area contributed by atoms with E-state index in [-0.39, 0.29) is 18.5 Å². The van der Waals surface area contributed by atoms with Gasteiger partial charge in [0.25, 0.3) is 0 Å². The lowest BCUT2D eigenvalue weighted by Gasteiger charge is -2.08. The van der Waals surface area contributed by atoms with Crippen LogP contribution in [-0.2, 0) is 6.42 Å². The highest BCUT2D eigenvalue weighted by Crippen LogP contribution is 2.32. The summed E-state index contributed by atoms with van der Waals surface area (Å²) >= 11 is 8.05. The largest absolute Gasteiger partial charge is 0.330 e. The third-order valence-corrected chi connectivity index (χ3v) is 2.79. The fraction of sp³-hybridized carbons (Fsp3) is 0.250. The Balaban J connectivity index is 3.43. The molecule has 0 unspecified atom stereocenters. The van der Waals surface area contributed by atoms with Gasteiger partial charge in [-0.2, -0.15) is 0 Å². The molecule has 0 aromatic heterocycles. The molecule has 0 spiro atoms. The zero-order valence-corrected chi connectivity index (χ0v) is 9.22. The smallest absolute Gasteiger partial charge is 0.176 e. The first-order valence-corrected chi connectivity index (χ1v) is 4.88. The molecule has 0 aliphatic carbocycles. The molecule has 1 nitrogen and oxygen atoms in total. The summed E-state index contributed by atoms with van der Waals surface area (Å²) in [5, 5.41) is -0.429. The van der Waals surface area contributed by atoms with Gasteiger partial charge in [0.15, 0.2) is 17.5 Å². The summed E-state index contributed by atoms with van der Waals surface area (Å²) in [5.74, 6) is -3.45. The summed E-state index contributed by atoms with van der Waals surface area (Å²) in [6.07, 6.45) is -0.00815. The molecule has 0 aliphatic rings. The maximum atomic E-state index is 13.2. The van der Waals surface area contributed by atoms with Gasteiger partial charge in [-0.15, -0.1) is 0 Å². The van der Waals surface area contributed by atoms with Gasteiger partial charge in [0.2, 0.25) is 0 Å². The van der Waals surface area contributed by atoms with E-state index in [2.05, 4.69) is 15.9 Å². The van der Waals surface area contributed by atoms with E-state index < -0.39 is 26.9 Å². The molecule has 0 heterocycles. The molecule has 1 aromatic rings. The predicted molar refractivity (Wildman–Crippen MR) is 51.8 cm³/mol. The SMILES string of the molecule is NCCc1c(F)c(F)c(Br)c(F)c1Cl. The Bertz CT molecular complexity index is 341. The predicted octanol–water partition coefficient (Wildman–Crippen LogP) is 3.02. The molecule has 0 bridgehead atoms. The van der Waals surface area contributed by atoms with Gasteiger partial charge in [-0.25, -0.2) is 13.2 Å². The molecule has 1 aromatic carbocycles. The van der Waals surface area contributed by atoms with Crippen molar-refractivity contribution in [3.8, 4) is 0 Å². The normalized spacial score (nSPS) is 10.7. The van der Waals surface area contributed by atoms with Crippen LogP contribution in [0.2, 0.25) is 5.02 Å². The Labute approximate surface area is 92.2 Å². The summed E-state index contributed by atoms with van der Waals surface area (Å²) in [5.41, 5.74) is 4.93. The number of hydrogen-bond donors (Lipinski definition) is 1. The number of nitrogens with two attached hydrogens (primary N) is 1. The molecular weight excluding hydrogens is 282 g/mol. The molecule has 0 fully saturated rings. The quantitative estimate of drug-likeness (QED) is 0.657. The second kappa shape index (κ2) is 4.51. The first kappa shape index (κ1) is 11.8. The van der Waals surface area contributed by atoms with E-state index in [1.165, 1.54) is 0 Å². The van der Waals surface area contributed by atoms with Crippen LogP contribution in [0.15, 0.2) is 4.47 Å². The molecule has 0 radical (unpaired) electrons. The van der Waals surface area contributed by atoms with Gasteiger partial charge in [0.1, 0.15) is 0 Å². The second-order valence-electron chi connectivity index (χ2n) is 2.59. The van der Waals surface area contributed by atoms with Crippen LogP contribution in [0.25, 0.3) is 0 Å². The summed E-state index contributed by atoms with van der Waals surface area (Å²) in [7, 11) is 0. The monoisotopic (exact) mass is 287 g/mol. The lowest BCUT2D eigenvalue weighted by Crippen LogP contribution is -2.08.